The molecule has 0 aliphatic carbocycles. The number of hydrogen-bond donors (Lipinski definition) is 1. The molecule has 1 aliphatic rings. The largest absolute Gasteiger partial charge is 0.493 e. The van der Waals surface area contributed by atoms with Crippen LogP contribution < -0.4 is 9.47 Å². The second-order valence-corrected chi connectivity index (χ2v) is 10.2. The molecular weight excluding hydrogens is 468 g/mol. The van der Waals surface area contributed by atoms with Crippen molar-refractivity contribution in [3.63, 3.8) is 0 Å². The van der Waals surface area contributed by atoms with Crippen LogP contribution in [0.3, 0.4) is 0 Å². The molecule has 0 saturated carbocycles. The van der Waals surface area contributed by atoms with E-state index in [9.17, 15) is 19.5 Å². The fourth-order valence-electron chi connectivity index (χ4n) is 4.07. The Hall–Kier alpha value is -3.01. The molecule has 2 amide bonds. The summed E-state index contributed by atoms with van der Waals surface area (Å²) in [7, 11) is 3.15. The van der Waals surface area contributed by atoms with Gasteiger partial charge in [-0.05, 0) is 52.8 Å². The molecule has 0 bridgehead atoms. The molecule has 1 heterocycles. The molecule has 2 rings (SSSR count). The molecule has 1 saturated heterocycles. The number of nitrogens with zero attached hydrogens (tertiary/aromatic N) is 2. The van der Waals surface area contributed by atoms with Gasteiger partial charge in [-0.25, -0.2) is 4.79 Å². The number of hydrogen-bond acceptors (Lipinski definition) is 7. The Morgan fingerprint density at radius 2 is 1.81 bits per heavy atom. The van der Waals surface area contributed by atoms with Gasteiger partial charge in [-0.1, -0.05) is 0 Å². The molecule has 0 aromatic heterocycles. The topological polar surface area (TPSA) is 115 Å². The van der Waals surface area contributed by atoms with E-state index in [4.69, 9.17) is 18.9 Å². The standard InChI is InChI=1S/C26H40N2O8/c1-17(2)28(15-19-14-27(16-20(19)24(30)31)25(32)36-26(3,4)5)23(29)18-9-10-21(34-7)22(13-18)35-12-8-11-33-6/h9-10,13,17,19-20H,8,11-12,14-16H2,1-7H3,(H,30,31). The van der Waals surface area contributed by atoms with Gasteiger partial charge in [-0.3, -0.25) is 9.59 Å². The number of carboxylic acid groups (broad SMARTS) is 1. The zero-order valence-corrected chi connectivity index (χ0v) is 22.4. The van der Waals surface area contributed by atoms with E-state index >= 15 is 0 Å². The zero-order valence-electron chi connectivity index (χ0n) is 22.4. The van der Waals surface area contributed by atoms with E-state index in [1.165, 1.54) is 12.0 Å². The summed E-state index contributed by atoms with van der Waals surface area (Å²) in [5, 5.41) is 9.82. The number of benzene rings is 1. The van der Waals surface area contributed by atoms with E-state index in [-0.39, 0.29) is 31.6 Å². The lowest BCUT2D eigenvalue weighted by atomic mass is 9.95. The van der Waals surface area contributed by atoms with Crippen molar-refractivity contribution in [3.05, 3.63) is 23.8 Å². The van der Waals surface area contributed by atoms with Gasteiger partial charge in [0, 0.05) is 57.3 Å². The van der Waals surface area contributed by atoms with Crippen LogP contribution in [0.1, 0.15) is 51.4 Å². The third kappa shape index (κ3) is 8.01. The third-order valence-electron chi connectivity index (χ3n) is 5.89. The number of ether oxygens (including phenoxy) is 4. The molecule has 2 unspecified atom stereocenters. The molecule has 1 aromatic rings. The Morgan fingerprint density at radius 3 is 2.36 bits per heavy atom. The Kier molecular flexibility index (Phi) is 10.4. The average Bonchev–Trinajstić information content (AvgIpc) is 3.23. The Morgan fingerprint density at radius 1 is 1.11 bits per heavy atom. The van der Waals surface area contributed by atoms with Gasteiger partial charge in [0.05, 0.1) is 19.6 Å². The van der Waals surface area contributed by atoms with Crippen LogP contribution in [0.4, 0.5) is 4.79 Å². The number of carbonyl (C=O) groups excluding carboxylic acids is 2. The molecule has 10 heteroatoms. The van der Waals surface area contributed by atoms with Crippen LogP contribution in [0.2, 0.25) is 0 Å². The van der Waals surface area contributed by atoms with Crippen molar-refractivity contribution in [2.24, 2.45) is 11.8 Å². The lowest BCUT2D eigenvalue weighted by Gasteiger charge is -2.31. The summed E-state index contributed by atoms with van der Waals surface area (Å²) in [6, 6.07) is 4.78. The van der Waals surface area contributed by atoms with E-state index in [1.54, 1.807) is 51.0 Å². The van der Waals surface area contributed by atoms with Gasteiger partial charge in [0.1, 0.15) is 5.60 Å². The quantitative estimate of drug-likeness (QED) is 0.452. The maximum atomic E-state index is 13.5. The van der Waals surface area contributed by atoms with Gasteiger partial charge in [-0.2, -0.15) is 0 Å². The highest BCUT2D eigenvalue weighted by Crippen LogP contribution is 2.31. The number of rotatable bonds is 11. The Balaban J connectivity index is 2.22. The number of aliphatic carboxylic acids is 1. The predicted molar refractivity (Wildman–Crippen MR) is 134 cm³/mol. The summed E-state index contributed by atoms with van der Waals surface area (Å²) in [6.45, 7) is 10.4. The summed E-state index contributed by atoms with van der Waals surface area (Å²) in [5.74, 6) is -1.54. The van der Waals surface area contributed by atoms with Crippen molar-refractivity contribution in [1.82, 2.24) is 9.80 Å². The van der Waals surface area contributed by atoms with Gasteiger partial charge >= 0.3 is 12.1 Å². The lowest BCUT2D eigenvalue weighted by Crippen LogP contribution is -2.43. The summed E-state index contributed by atoms with van der Waals surface area (Å²) in [6.07, 6.45) is 0.131. The van der Waals surface area contributed by atoms with Crippen LogP contribution in [0.15, 0.2) is 18.2 Å². The van der Waals surface area contributed by atoms with Crippen LogP contribution in [0, 0.1) is 11.8 Å². The minimum atomic E-state index is -1.00. The predicted octanol–water partition coefficient (Wildman–Crippen LogP) is 3.53. The lowest BCUT2D eigenvalue weighted by molar-refractivity contribution is -0.142. The van der Waals surface area contributed by atoms with Crippen molar-refractivity contribution in [1.29, 1.82) is 0 Å². The van der Waals surface area contributed by atoms with Crippen LogP contribution in [0.5, 0.6) is 11.5 Å². The summed E-state index contributed by atoms with van der Waals surface area (Å²) < 4.78 is 21.7. The van der Waals surface area contributed by atoms with Gasteiger partial charge < -0.3 is 33.9 Å². The molecule has 1 fully saturated rings. The molecule has 202 valence electrons. The van der Waals surface area contributed by atoms with Crippen molar-refractivity contribution in [2.45, 2.75) is 52.7 Å². The van der Waals surface area contributed by atoms with Gasteiger partial charge in [0.25, 0.3) is 5.91 Å². The third-order valence-corrected chi connectivity index (χ3v) is 5.89. The Labute approximate surface area is 213 Å². The van der Waals surface area contributed by atoms with Crippen molar-refractivity contribution >= 4 is 18.0 Å². The van der Waals surface area contributed by atoms with Gasteiger partial charge in [0.2, 0.25) is 0 Å². The molecule has 2 atom stereocenters. The number of likely N-dealkylation sites (tertiary alicyclic amines) is 1. The summed E-state index contributed by atoms with van der Waals surface area (Å²) in [4.78, 5) is 41.2. The highest BCUT2D eigenvalue weighted by molar-refractivity contribution is 5.95. The van der Waals surface area contributed by atoms with E-state index in [1.807, 2.05) is 13.8 Å². The molecule has 0 radical (unpaired) electrons. The van der Waals surface area contributed by atoms with Crippen LogP contribution in [-0.4, -0.2) is 91.6 Å². The Bertz CT molecular complexity index is 912. The SMILES string of the molecule is COCCCOc1cc(C(=O)N(CC2CN(C(=O)OC(C)(C)C)CC2C(=O)O)C(C)C)ccc1OC. The van der Waals surface area contributed by atoms with E-state index in [2.05, 4.69) is 0 Å². The second kappa shape index (κ2) is 12.8. The van der Waals surface area contributed by atoms with Crippen molar-refractivity contribution < 1.29 is 38.4 Å². The van der Waals surface area contributed by atoms with E-state index in [0.717, 1.165) is 0 Å². The molecule has 1 aromatic carbocycles. The van der Waals surface area contributed by atoms with Crippen LogP contribution in [-0.2, 0) is 14.3 Å². The number of methoxy groups -OCH3 is 2. The zero-order chi connectivity index (χ0) is 27.0. The monoisotopic (exact) mass is 508 g/mol. The number of amides is 2. The van der Waals surface area contributed by atoms with Crippen molar-refractivity contribution in [3.8, 4) is 11.5 Å². The molecule has 0 spiro atoms. The van der Waals surface area contributed by atoms with Gasteiger partial charge in [0.15, 0.2) is 11.5 Å². The number of carboxylic acids is 1. The van der Waals surface area contributed by atoms with Gasteiger partial charge in [-0.15, -0.1) is 0 Å². The smallest absolute Gasteiger partial charge is 0.410 e. The molecule has 1 N–H and O–H groups in total. The maximum absolute atomic E-state index is 13.5. The number of carbonyl (C=O) groups is 3. The highest BCUT2D eigenvalue weighted by atomic mass is 16.6. The minimum absolute atomic E-state index is 0.0387. The molecule has 36 heavy (non-hydrogen) atoms. The molecular formula is C26H40N2O8. The minimum Gasteiger partial charge on any atom is -0.493 e. The first-order valence-electron chi connectivity index (χ1n) is 12.2. The first-order chi connectivity index (χ1) is 16.9. The first-order valence-corrected chi connectivity index (χ1v) is 12.2. The molecule has 1 aliphatic heterocycles. The van der Waals surface area contributed by atoms with Crippen LogP contribution in [0.25, 0.3) is 0 Å². The first kappa shape index (κ1) is 29.2. The van der Waals surface area contributed by atoms with E-state index in [0.29, 0.717) is 36.7 Å². The molecule has 10 nitrogen and oxygen atoms in total. The fraction of sp³-hybridized carbons (Fsp3) is 0.654. The summed E-state index contributed by atoms with van der Waals surface area (Å²) >= 11 is 0. The normalized spacial score (nSPS) is 17.7. The maximum Gasteiger partial charge on any atom is 0.410 e. The average molecular weight is 509 g/mol. The van der Waals surface area contributed by atoms with Crippen molar-refractivity contribution in [2.75, 3.05) is 47.1 Å². The van der Waals surface area contributed by atoms with E-state index < -0.39 is 29.5 Å². The van der Waals surface area contributed by atoms with Crippen LogP contribution >= 0.6 is 0 Å². The fourth-order valence-corrected chi connectivity index (χ4v) is 4.07. The second-order valence-electron chi connectivity index (χ2n) is 10.2. The highest BCUT2D eigenvalue weighted by Gasteiger charge is 2.42. The summed E-state index contributed by atoms with van der Waals surface area (Å²) in [5.41, 5.74) is -0.286.